The fraction of sp³-hybridized carbons (Fsp3) is 0.800. The van der Waals surface area contributed by atoms with E-state index in [-0.39, 0.29) is 6.61 Å². The standard InChI is InChI=1S/C10H16O2/c1-12-10-8-3-2-7(6-8)9(10)4-5-11/h4,7-8,10-11H,2-3,5-6H2,1H3/b9-4-. The Balaban J connectivity index is 2.16. The molecule has 2 heteroatoms. The Bertz CT molecular complexity index is 198. The first-order chi connectivity index (χ1) is 5.86. The molecule has 0 aromatic heterocycles. The van der Waals surface area contributed by atoms with E-state index in [4.69, 9.17) is 9.84 Å². The van der Waals surface area contributed by atoms with E-state index in [9.17, 15) is 0 Å². The van der Waals surface area contributed by atoms with Gasteiger partial charge < -0.3 is 9.84 Å². The summed E-state index contributed by atoms with van der Waals surface area (Å²) >= 11 is 0. The van der Waals surface area contributed by atoms with Crippen molar-refractivity contribution in [1.29, 1.82) is 0 Å². The lowest BCUT2D eigenvalue weighted by molar-refractivity contribution is 0.0893. The second-order valence-corrected chi connectivity index (χ2v) is 3.81. The van der Waals surface area contributed by atoms with Gasteiger partial charge >= 0.3 is 0 Å². The van der Waals surface area contributed by atoms with Gasteiger partial charge in [0, 0.05) is 7.11 Å². The van der Waals surface area contributed by atoms with Crippen LogP contribution in [0.1, 0.15) is 19.3 Å². The van der Waals surface area contributed by atoms with Crippen LogP contribution in [0.2, 0.25) is 0 Å². The van der Waals surface area contributed by atoms with Gasteiger partial charge in [0.1, 0.15) is 0 Å². The minimum absolute atomic E-state index is 0.165. The van der Waals surface area contributed by atoms with Gasteiger partial charge in [0.05, 0.1) is 12.7 Å². The van der Waals surface area contributed by atoms with E-state index in [2.05, 4.69) is 0 Å². The van der Waals surface area contributed by atoms with E-state index < -0.39 is 0 Å². The molecule has 68 valence electrons. The summed E-state index contributed by atoms with van der Waals surface area (Å²) in [7, 11) is 1.77. The third-order valence-electron chi connectivity index (χ3n) is 3.28. The van der Waals surface area contributed by atoms with Gasteiger partial charge in [-0.15, -0.1) is 0 Å². The summed E-state index contributed by atoms with van der Waals surface area (Å²) in [6.07, 6.45) is 6.15. The molecular formula is C10H16O2. The van der Waals surface area contributed by atoms with E-state index in [1.165, 1.54) is 24.8 Å². The van der Waals surface area contributed by atoms with E-state index in [0.29, 0.717) is 12.0 Å². The Kier molecular flexibility index (Phi) is 2.20. The Morgan fingerprint density at radius 2 is 2.42 bits per heavy atom. The van der Waals surface area contributed by atoms with Crippen LogP contribution in [-0.4, -0.2) is 24.9 Å². The SMILES string of the molecule is COC1/C(=C\CO)C2CCC1C2. The van der Waals surface area contributed by atoms with Gasteiger partial charge in [0.25, 0.3) is 0 Å². The third-order valence-corrected chi connectivity index (χ3v) is 3.28. The second-order valence-electron chi connectivity index (χ2n) is 3.81. The van der Waals surface area contributed by atoms with Crippen LogP contribution >= 0.6 is 0 Å². The molecule has 0 aromatic carbocycles. The van der Waals surface area contributed by atoms with Crippen molar-refractivity contribution in [3.8, 4) is 0 Å². The van der Waals surface area contributed by atoms with Gasteiger partial charge in [-0.2, -0.15) is 0 Å². The van der Waals surface area contributed by atoms with Crippen LogP contribution in [0.3, 0.4) is 0 Å². The monoisotopic (exact) mass is 168 g/mol. The number of aliphatic hydroxyl groups excluding tert-OH is 1. The summed E-state index contributed by atoms with van der Waals surface area (Å²) in [5, 5.41) is 8.84. The summed E-state index contributed by atoms with van der Waals surface area (Å²) in [5.74, 6) is 1.45. The summed E-state index contributed by atoms with van der Waals surface area (Å²) in [6.45, 7) is 0.165. The maximum Gasteiger partial charge on any atom is 0.0813 e. The molecule has 0 aliphatic heterocycles. The zero-order valence-corrected chi connectivity index (χ0v) is 7.49. The predicted octanol–water partition coefficient (Wildman–Crippen LogP) is 1.35. The Hall–Kier alpha value is -0.340. The number of methoxy groups -OCH3 is 1. The quantitative estimate of drug-likeness (QED) is 0.631. The first-order valence-electron chi connectivity index (χ1n) is 4.70. The Labute approximate surface area is 73.2 Å². The molecule has 0 saturated heterocycles. The number of hydrogen-bond donors (Lipinski definition) is 1. The lowest BCUT2D eigenvalue weighted by Gasteiger charge is -2.23. The molecule has 2 bridgehead atoms. The molecule has 0 amide bonds. The number of ether oxygens (including phenoxy) is 1. The number of hydrogen-bond acceptors (Lipinski definition) is 2. The molecule has 0 radical (unpaired) electrons. The molecule has 3 atom stereocenters. The highest BCUT2D eigenvalue weighted by atomic mass is 16.5. The van der Waals surface area contributed by atoms with Crippen LogP contribution in [0.4, 0.5) is 0 Å². The fourth-order valence-electron chi connectivity index (χ4n) is 2.82. The van der Waals surface area contributed by atoms with Crippen LogP contribution in [0.5, 0.6) is 0 Å². The molecule has 3 unspecified atom stereocenters. The van der Waals surface area contributed by atoms with Crippen LogP contribution in [0.25, 0.3) is 0 Å². The van der Waals surface area contributed by atoms with Gasteiger partial charge in [-0.25, -0.2) is 0 Å². The molecule has 2 rings (SSSR count). The Morgan fingerprint density at radius 1 is 1.58 bits per heavy atom. The van der Waals surface area contributed by atoms with E-state index in [1.807, 2.05) is 6.08 Å². The van der Waals surface area contributed by atoms with Gasteiger partial charge in [-0.05, 0) is 36.7 Å². The highest BCUT2D eigenvalue weighted by Gasteiger charge is 2.43. The summed E-state index contributed by atoms with van der Waals surface area (Å²) in [5.41, 5.74) is 1.36. The van der Waals surface area contributed by atoms with Crippen LogP contribution < -0.4 is 0 Å². The van der Waals surface area contributed by atoms with Crippen LogP contribution in [0.15, 0.2) is 11.6 Å². The number of fused-ring (bicyclic) bond motifs is 2. The largest absolute Gasteiger partial charge is 0.392 e. The molecule has 0 aromatic rings. The predicted molar refractivity (Wildman–Crippen MR) is 46.8 cm³/mol. The van der Waals surface area contributed by atoms with Crippen molar-refractivity contribution in [1.82, 2.24) is 0 Å². The van der Waals surface area contributed by atoms with Crippen molar-refractivity contribution >= 4 is 0 Å². The number of aliphatic hydroxyl groups is 1. The van der Waals surface area contributed by atoms with Crippen LogP contribution in [0, 0.1) is 11.8 Å². The Morgan fingerprint density at radius 3 is 3.08 bits per heavy atom. The summed E-state index contributed by atoms with van der Waals surface area (Å²) in [4.78, 5) is 0. The van der Waals surface area contributed by atoms with Crippen molar-refractivity contribution in [2.75, 3.05) is 13.7 Å². The first kappa shape index (κ1) is 8.27. The van der Waals surface area contributed by atoms with Crippen molar-refractivity contribution in [3.63, 3.8) is 0 Å². The smallest absolute Gasteiger partial charge is 0.0813 e. The van der Waals surface area contributed by atoms with Crippen molar-refractivity contribution in [3.05, 3.63) is 11.6 Å². The molecule has 2 nitrogen and oxygen atoms in total. The fourth-order valence-corrected chi connectivity index (χ4v) is 2.82. The third kappa shape index (κ3) is 1.10. The minimum atomic E-state index is 0.165. The molecule has 2 saturated carbocycles. The molecule has 2 aliphatic rings. The van der Waals surface area contributed by atoms with Crippen LogP contribution in [-0.2, 0) is 4.74 Å². The summed E-state index contributed by atoms with van der Waals surface area (Å²) in [6, 6.07) is 0. The van der Waals surface area contributed by atoms with Crippen molar-refractivity contribution in [2.45, 2.75) is 25.4 Å². The minimum Gasteiger partial charge on any atom is -0.392 e. The molecule has 2 aliphatic carbocycles. The highest BCUT2D eigenvalue weighted by molar-refractivity contribution is 5.23. The highest BCUT2D eigenvalue weighted by Crippen LogP contribution is 2.49. The average molecular weight is 168 g/mol. The van der Waals surface area contributed by atoms with Gasteiger partial charge in [-0.3, -0.25) is 0 Å². The summed E-state index contributed by atoms with van der Waals surface area (Å²) < 4.78 is 5.43. The van der Waals surface area contributed by atoms with Gasteiger partial charge in [-0.1, -0.05) is 6.08 Å². The van der Waals surface area contributed by atoms with Gasteiger partial charge in [0.15, 0.2) is 0 Å². The maximum atomic E-state index is 8.84. The topological polar surface area (TPSA) is 29.5 Å². The molecular weight excluding hydrogens is 152 g/mol. The van der Waals surface area contributed by atoms with Gasteiger partial charge in [0.2, 0.25) is 0 Å². The first-order valence-corrected chi connectivity index (χ1v) is 4.70. The van der Waals surface area contributed by atoms with E-state index >= 15 is 0 Å². The number of rotatable bonds is 2. The molecule has 12 heavy (non-hydrogen) atoms. The zero-order valence-electron chi connectivity index (χ0n) is 7.49. The van der Waals surface area contributed by atoms with E-state index in [0.717, 1.165) is 5.92 Å². The normalized spacial score (nSPS) is 42.8. The second kappa shape index (κ2) is 3.19. The molecule has 0 spiro atoms. The lowest BCUT2D eigenvalue weighted by atomic mass is 9.92. The molecule has 0 heterocycles. The lowest BCUT2D eigenvalue weighted by Crippen LogP contribution is -2.21. The average Bonchev–Trinajstić information content (AvgIpc) is 2.64. The molecule has 1 N–H and O–H groups in total. The zero-order chi connectivity index (χ0) is 8.55. The molecule has 2 fully saturated rings. The van der Waals surface area contributed by atoms with Crippen molar-refractivity contribution in [2.24, 2.45) is 11.8 Å². The maximum absolute atomic E-state index is 8.84. The van der Waals surface area contributed by atoms with Crippen molar-refractivity contribution < 1.29 is 9.84 Å². The van der Waals surface area contributed by atoms with E-state index in [1.54, 1.807) is 7.11 Å².